The molecule has 3 rings (SSSR count). The van der Waals surface area contributed by atoms with Crippen LogP contribution in [0.15, 0.2) is 60.6 Å². The number of hydrogen-bond donors (Lipinski definition) is 1. The van der Waals surface area contributed by atoms with E-state index in [9.17, 15) is 9.90 Å². The fourth-order valence-corrected chi connectivity index (χ4v) is 3.60. The van der Waals surface area contributed by atoms with Crippen molar-refractivity contribution in [3.05, 3.63) is 71.7 Å². The summed E-state index contributed by atoms with van der Waals surface area (Å²) in [5, 5.41) is 9.90. The molecule has 25 heavy (non-hydrogen) atoms. The SMILES string of the molecule is CCN(CC)C(=O)c1ccc(C2C=COC3(C)C=CC(O)=CC23)cc1. The quantitative estimate of drug-likeness (QED) is 0.895. The second-order valence-corrected chi connectivity index (χ2v) is 6.71. The maximum absolute atomic E-state index is 12.5. The molecule has 3 unspecified atom stereocenters. The molecule has 0 spiro atoms. The summed E-state index contributed by atoms with van der Waals surface area (Å²) >= 11 is 0. The standard InChI is InChI=1S/C21H25NO3/c1-4-22(5-2)20(24)16-8-6-15(7-9-16)18-11-13-25-21(3)12-10-17(23)14-19(18)21/h6-14,18-19,23H,4-5H2,1-3H3. The number of allylic oxidation sites excluding steroid dienone is 2. The van der Waals surface area contributed by atoms with Gasteiger partial charge >= 0.3 is 0 Å². The minimum Gasteiger partial charge on any atom is -0.508 e. The number of benzene rings is 1. The number of carbonyl (C=O) groups excluding carboxylic acids is 1. The van der Waals surface area contributed by atoms with Crippen LogP contribution in [-0.2, 0) is 4.74 Å². The van der Waals surface area contributed by atoms with Crippen LogP contribution >= 0.6 is 0 Å². The number of fused-ring (bicyclic) bond motifs is 1. The lowest BCUT2D eigenvalue weighted by atomic mass is 9.72. The zero-order valence-electron chi connectivity index (χ0n) is 15.0. The van der Waals surface area contributed by atoms with Crippen molar-refractivity contribution in [3.8, 4) is 0 Å². The van der Waals surface area contributed by atoms with Crippen LogP contribution < -0.4 is 0 Å². The molecule has 2 aliphatic rings. The summed E-state index contributed by atoms with van der Waals surface area (Å²) in [6.45, 7) is 7.40. The van der Waals surface area contributed by atoms with Crippen LogP contribution in [0, 0.1) is 5.92 Å². The molecule has 0 bridgehead atoms. The lowest BCUT2D eigenvalue weighted by Crippen LogP contribution is -2.40. The van der Waals surface area contributed by atoms with Crippen LogP contribution in [0.2, 0.25) is 0 Å². The van der Waals surface area contributed by atoms with E-state index >= 15 is 0 Å². The van der Waals surface area contributed by atoms with Crippen LogP contribution in [-0.4, -0.2) is 34.6 Å². The monoisotopic (exact) mass is 339 g/mol. The summed E-state index contributed by atoms with van der Waals surface area (Å²) in [5.41, 5.74) is 1.33. The minimum atomic E-state index is -0.471. The van der Waals surface area contributed by atoms with Gasteiger partial charge in [-0.25, -0.2) is 0 Å². The highest BCUT2D eigenvalue weighted by Crippen LogP contribution is 2.43. The van der Waals surface area contributed by atoms with Crippen molar-refractivity contribution in [3.63, 3.8) is 0 Å². The van der Waals surface area contributed by atoms with Crippen LogP contribution in [0.25, 0.3) is 0 Å². The van der Waals surface area contributed by atoms with Gasteiger partial charge in [0.1, 0.15) is 11.4 Å². The molecule has 1 aromatic carbocycles. The summed E-state index contributed by atoms with van der Waals surface area (Å²) in [6, 6.07) is 7.78. The first-order valence-corrected chi connectivity index (χ1v) is 8.82. The van der Waals surface area contributed by atoms with Gasteiger partial charge in [-0.3, -0.25) is 4.79 Å². The van der Waals surface area contributed by atoms with Gasteiger partial charge in [0.2, 0.25) is 0 Å². The Kier molecular flexibility index (Phi) is 4.71. The second-order valence-electron chi connectivity index (χ2n) is 6.71. The average molecular weight is 339 g/mol. The molecule has 3 atom stereocenters. The molecule has 4 heteroatoms. The topological polar surface area (TPSA) is 49.8 Å². The number of nitrogens with zero attached hydrogens (tertiary/aromatic N) is 1. The summed E-state index contributed by atoms with van der Waals surface area (Å²) < 4.78 is 5.81. The van der Waals surface area contributed by atoms with Crippen LogP contribution in [0.4, 0.5) is 0 Å². The number of ether oxygens (including phenoxy) is 1. The third kappa shape index (κ3) is 3.21. The zero-order chi connectivity index (χ0) is 18.0. The Balaban J connectivity index is 1.87. The van der Waals surface area contributed by atoms with E-state index in [2.05, 4.69) is 0 Å². The van der Waals surface area contributed by atoms with Gasteiger partial charge in [0.15, 0.2) is 0 Å². The Morgan fingerprint density at radius 1 is 1.24 bits per heavy atom. The average Bonchev–Trinajstić information content (AvgIpc) is 2.63. The Bertz CT molecular complexity index is 728. The molecule has 1 aliphatic heterocycles. The molecule has 1 amide bonds. The largest absolute Gasteiger partial charge is 0.508 e. The normalized spacial score (nSPS) is 27.2. The van der Waals surface area contributed by atoms with Gasteiger partial charge in [-0.05, 0) is 62.8 Å². The van der Waals surface area contributed by atoms with Gasteiger partial charge in [-0.1, -0.05) is 12.1 Å². The number of hydrogen-bond acceptors (Lipinski definition) is 3. The Hall–Kier alpha value is -2.49. The van der Waals surface area contributed by atoms with E-state index in [0.717, 1.165) is 5.56 Å². The van der Waals surface area contributed by atoms with Gasteiger partial charge in [-0.2, -0.15) is 0 Å². The predicted octanol–water partition coefficient (Wildman–Crippen LogP) is 4.18. The number of aliphatic hydroxyl groups excluding tert-OH is 1. The molecule has 4 nitrogen and oxygen atoms in total. The highest BCUT2D eigenvalue weighted by atomic mass is 16.5. The molecule has 1 N–H and O–H groups in total. The smallest absolute Gasteiger partial charge is 0.253 e. The first-order valence-electron chi connectivity index (χ1n) is 8.82. The first kappa shape index (κ1) is 17.3. The third-order valence-corrected chi connectivity index (χ3v) is 5.19. The van der Waals surface area contributed by atoms with Crippen molar-refractivity contribution in [2.75, 3.05) is 13.1 Å². The summed E-state index contributed by atoms with van der Waals surface area (Å²) in [4.78, 5) is 14.3. The van der Waals surface area contributed by atoms with Gasteiger partial charge < -0.3 is 14.7 Å². The number of aliphatic hydroxyl groups is 1. The molecular weight excluding hydrogens is 314 g/mol. The molecule has 132 valence electrons. The number of carbonyl (C=O) groups is 1. The van der Waals surface area contributed by atoms with E-state index in [-0.39, 0.29) is 23.5 Å². The van der Waals surface area contributed by atoms with E-state index in [1.54, 1.807) is 12.3 Å². The molecule has 1 heterocycles. The highest BCUT2D eigenvalue weighted by Gasteiger charge is 2.41. The van der Waals surface area contributed by atoms with Crippen molar-refractivity contribution in [2.24, 2.45) is 5.92 Å². The van der Waals surface area contributed by atoms with Crippen molar-refractivity contribution < 1.29 is 14.6 Å². The summed E-state index contributed by atoms with van der Waals surface area (Å²) in [6.07, 6.45) is 9.18. The van der Waals surface area contributed by atoms with E-state index in [1.807, 2.05) is 68.2 Å². The van der Waals surface area contributed by atoms with Crippen LogP contribution in [0.3, 0.4) is 0 Å². The van der Waals surface area contributed by atoms with Crippen LogP contribution in [0.1, 0.15) is 42.6 Å². The predicted molar refractivity (Wildman–Crippen MR) is 98.4 cm³/mol. The first-order chi connectivity index (χ1) is 12.0. The second kappa shape index (κ2) is 6.79. The van der Waals surface area contributed by atoms with Crippen molar-refractivity contribution in [1.29, 1.82) is 0 Å². The van der Waals surface area contributed by atoms with Crippen molar-refractivity contribution in [1.82, 2.24) is 4.90 Å². The maximum Gasteiger partial charge on any atom is 0.253 e. The molecule has 0 saturated carbocycles. The van der Waals surface area contributed by atoms with Crippen LogP contribution in [0.5, 0.6) is 0 Å². The zero-order valence-corrected chi connectivity index (χ0v) is 15.0. The summed E-state index contributed by atoms with van der Waals surface area (Å²) in [5.74, 6) is 0.414. The third-order valence-electron chi connectivity index (χ3n) is 5.19. The Morgan fingerprint density at radius 3 is 2.56 bits per heavy atom. The fraction of sp³-hybridized carbons (Fsp3) is 0.381. The Labute approximate surface area is 149 Å². The lowest BCUT2D eigenvalue weighted by Gasteiger charge is -2.41. The number of rotatable bonds is 4. The van der Waals surface area contributed by atoms with E-state index in [4.69, 9.17) is 4.74 Å². The van der Waals surface area contributed by atoms with E-state index in [0.29, 0.717) is 18.7 Å². The van der Waals surface area contributed by atoms with E-state index in [1.165, 1.54) is 0 Å². The molecule has 1 aromatic rings. The molecule has 0 fully saturated rings. The summed E-state index contributed by atoms with van der Waals surface area (Å²) in [7, 11) is 0. The van der Waals surface area contributed by atoms with Gasteiger partial charge in [-0.15, -0.1) is 0 Å². The maximum atomic E-state index is 12.5. The van der Waals surface area contributed by atoms with Gasteiger partial charge in [0, 0.05) is 30.5 Å². The Morgan fingerprint density at radius 2 is 1.92 bits per heavy atom. The molecule has 0 saturated heterocycles. The van der Waals surface area contributed by atoms with Crippen molar-refractivity contribution >= 4 is 5.91 Å². The highest BCUT2D eigenvalue weighted by molar-refractivity contribution is 5.94. The molecule has 0 radical (unpaired) electrons. The molecule has 0 aromatic heterocycles. The minimum absolute atomic E-state index is 0.00633. The van der Waals surface area contributed by atoms with Crippen molar-refractivity contribution in [2.45, 2.75) is 32.3 Å². The molecular formula is C21H25NO3. The lowest BCUT2D eigenvalue weighted by molar-refractivity contribution is 0.0232. The van der Waals surface area contributed by atoms with Gasteiger partial charge in [0.05, 0.1) is 6.26 Å². The van der Waals surface area contributed by atoms with Gasteiger partial charge in [0.25, 0.3) is 5.91 Å². The molecule has 1 aliphatic carbocycles. The fourth-order valence-electron chi connectivity index (χ4n) is 3.60. The number of amides is 1. The van der Waals surface area contributed by atoms with E-state index < -0.39 is 5.60 Å².